The van der Waals surface area contributed by atoms with E-state index in [1.54, 1.807) is 0 Å². The number of hydrogen-bond acceptors (Lipinski definition) is 4. The molecule has 0 N–H and O–H groups in total. The molecule has 1 aromatic rings. The van der Waals surface area contributed by atoms with Crippen LogP contribution in [0, 0.1) is 5.92 Å². The molecule has 3 rings (SSSR count). The summed E-state index contributed by atoms with van der Waals surface area (Å²) in [4.78, 5) is 9.23. The predicted molar refractivity (Wildman–Crippen MR) is 84.1 cm³/mol. The molecule has 0 aliphatic carbocycles. The Morgan fingerprint density at radius 2 is 1.71 bits per heavy atom. The highest BCUT2D eigenvalue weighted by Gasteiger charge is 2.20. The van der Waals surface area contributed by atoms with Gasteiger partial charge in [0.2, 0.25) is 0 Å². The molecule has 0 saturated carbocycles. The quantitative estimate of drug-likeness (QED) is 0.829. The first kappa shape index (κ1) is 14.9. The minimum absolute atomic E-state index is 0.918. The summed E-state index contributed by atoms with van der Waals surface area (Å²) in [6.45, 7) is 8.93. The topological polar surface area (TPSA) is 28.6 Å². The third kappa shape index (κ3) is 4.77. The number of nitrogens with zero attached hydrogens (tertiary/aromatic N) is 3. The molecule has 1 aromatic heterocycles. The maximum Gasteiger partial charge on any atom is 0.0594 e. The molecule has 0 amide bonds. The van der Waals surface area contributed by atoms with Gasteiger partial charge in [-0.3, -0.25) is 14.8 Å². The summed E-state index contributed by atoms with van der Waals surface area (Å²) in [5, 5.41) is 0. The molecule has 0 spiro atoms. The van der Waals surface area contributed by atoms with Crippen LogP contribution in [0.3, 0.4) is 0 Å². The maximum absolute atomic E-state index is 5.41. The number of ether oxygens (including phenoxy) is 1. The number of rotatable bonds is 5. The molecular formula is C17H27N3O. The smallest absolute Gasteiger partial charge is 0.0594 e. The van der Waals surface area contributed by atoms with E-state index >= 15 is 0 Å². The van der Waals surface area contributed by atoms with Gasteiger partial charge >= 0.3 is 0 Å². The lowest BCUT2D eigenvalue weighted by Crippen LogP contribution is -2.39. The van der Waals surface area contributed by atoms with Crippen molar-refractivity contribution in [2.24, 2.45) is 5.92 Å². The van der Waals surface area contributed by atoms with Crippen LogP contribution in [-0.4, -0.2) is 60.7 Å². The van der Waals surface area contributed by atoms with E-state index < -0.39 is 0 Å². The van der Waals surface area contributed by atoms with Gasteiger partial charge in [-0.1, -0.05) is 0 Å². The van der Waals surface area contributed by atoms with E-state index in [1.807, 2.05) is 12.4 Å². The van der Waals surface area contributed by atoms with Crippen molar-refractivity contribution < 1.29 is 4.74 Å². The van der Waals surface area contributed by atoms with E-state index in [9.17, 15) is 0 Å². The molecule has 0 unspecified atom stereocenters. The maximum atomic E-state index is 5.41. The summed E-state index contributed by atoms with van der Waals surface area (Å²) in [6.07, 6.45) is 7.86. The number of hydrogen-bond donors (Lipinski definition) is 0. The van der Waals surface area contributed by atoms with Gasteiger partial charge < -0.3 is 4.74 Å². The Balaban J connectivity index is 1.35. The van der Waals surface area contributed by atoms with Crippen molar-refractivity contribution in [3.8, 4) is 0 Å². The van der Waals surface area contributed by atoms with Crippen molar-refractivity contribution in [3.63, 3.8) is 0 Å². The van der Waals surface area contributed by atoms with Crippen LogP contribution in [0.15, 0.2) is 24.5 Å². The third-order valence-electron chi connectivity index (χ3n) is 4.82. The largest absolute Gasteiger partial charge is 0.379 e. The van der Waals surface area contributed by atoms with Gasteiger partial charge in [-0.05, 0) is 62.5 Å². The van der Waals surface area contributed by atoms with Crippen molar-refractivity contribution in [1.29, 1.82) is 0 Å². The molecule has 116 valence electrons. The summed E-state index contributed by atoms with van der Waals surface area (Å²) < 4.78 is 5.41. The summed E-state index contributed by atoms with van der Waals surface area (Å²) in [5.74, 6) is 0.918. The Morgan fingerprint density at radius 1 is 1.00 bits per heavy atom. The van der Waals surface area contributed by atoms with E-state index in [4.69, 9.17) is 4.74 Å². The van der Waals surface area contributed by atoms with Crippen LogP contribution in [0.2, 0.25) is 0 Å². The summed E-state index contributed by atoms with van der Waals surface area (Å²) in [5.41, 5.74) is 1.39. The molecule has 2 aliphatic heterocycles. The zero-order chi connectivity index (χ0) is 14.3. The molecule has 0 bridgehead atoms. The molecule has 0 aromatic carbocycles. The first-order chi connectivity index (χ1) is 10.4. The van der Waals surface area contributed by atoms with Gasteiger partial charge in [0.15, 0.2) is 0 Å². The second-order valence-electron chi connectivity index (χ2n) is 6.32. The molecule has 2 fully saturated rings. The van der Waals surface area contributed by atoms with Crippen LogP contribution in [0.5, 0.6) is 0 Å². The zero-order valence-electron chi connectivity index (χ0n) is 12.9. The van der Waals surface area contributed by atoms with E-state index in [-0.39, 0.29) is 0 Å². The Labute approximate surface area is 128 Å². The van der Waals surface area contributed by atoms with Crippen molar-refractivity contribution in [2.75, 3.05) is 45.9 Å². The monoisotopic (exact) mass is 289 g/mol. The number of likely N-dealkylation sites (tertiary alicyclic amines) is 1. The van der Waals surface area contributed by atoms with Gasteiger partial charge in [-0.25, -0.2) is 0 Å². The minimum Gasteiger partial charge on any atom is -0.379 e. The summed E-state index contributed by atoms with van der Waals surface area (Å²) in [7, 11) is 0. The van der Waals surface area contributed by atoms with Gasteiger partial charge in [0.05, 0.1) is 13.2 Å². The predicted octanol–water partition coefficient (Wildman–Crippen LogP) is 2.02. The summed E-state index contributed by atoms with van der Waals surface area (Å²) in [6, 6.07) is 4.26. The van der Waals surface area contributed by atoms with Crippen molar-refractivity contribution in [3.05, 3.63) is 30.1 Å². The molecular weight excluding hydrogens is 262 g/mol. The van der Waals surface area contributed by atoms with Crippen LogP contribution in [-0.2, 0) is 11.3 Å². The summed E-state index contributed by atoms with van der Waals surface area (Å²) >= 11 is 0. The van der Waals surface area contributed by atoms with E-state index in [0.29, 0.717) is 0 Å². The highest BCUT2D eigenvalue weighted by atomic mass is 16.5. The second kappa shape index (κ2) is 7.87. The standard InChI is InChI=1S/C17H27N3O/c1-6-18-7-2-17(1)15-20-9-4-16(5-10-20)3-8-19-11-13-21-14-12-19/h1-2,6-7,16H,3-5,8-15H2. The van der Waals surface area contributed by atoms with Gasteiger partial charge in [0.25, 0.3) is 0 Å². The van der Waals surface area contributed by atoms with Crippen LogP contribution in [0.4, 0.5) is 0 Å². The normalized spacial score (nSPS) is 22.5. The highest BCUT2D eigenvalue weighted by molar-refractivity contribution is 5.09. The number of aromatic nitrogens is 1. The van der Waals surface area contributed by atoms with Gasteiger partial charge in [-0.2, -0.15) is 0 Å². The fourth-order valence-corrected chi connectivity index (χ4v) is 3.37. The Hall–Kier alpha value is -0.970. The average Bonchev–Trinajstić information content (AvgIpc) is 2.56. The number of morpholine rings is 1. The fraction of sp³-hybridized carbons (Fsp3) is 0.706. The van der Waals surface area contributed by atoms with Gasteiger partial charge in [-0.15, -0.1) is 0 Å². The number of pyridine rings is 1. The second-order valence-corrected chi connectivity index (χ2v) is 6.32. The van der Waals surface area contributed by atoms with E-state index in [0.717, 1.165) is 38.8 Å². The molecule has 0 atom stereocenters. The molecule has 2 saturated heterocycles. The Kier molecular flexibility index (Phi) is 5.60. The Bertz CT molecular complexity index is 398. The van der Waals surface area contributed by atoms with E-state index in [2.05, 4.69) is 26.9 Å². The average molecular weight is 289 g/mol. The van der Waals surface area contributed by atoms with Crippen LogP contribution >= 0.6 is 0 Å². The van der Waals surface area contributed by atoms with Gasteiger partial charge in [0, 0.05) is 32.0 Å². The number of piperidine rings is 1. The first-order valence-corrected chi connectivity index (χ1v) is 8.31. The van der Waals surface area contributed by atoms with Crippen LogP contribution in [0.1, 0.15) is 24.8 Å². The van der Waals surface area contributed by atoms with Gasteiger partial charge in [0.1, 0.15) is 0 Å². The minimum atomic E-state index is 0.918. The molecule has 0 radical (unpaired) electrons. The van der Waals surface area contributed by atoms with Crippen LogP contribution in [0.25, 0.3) is 0 Å². The SMILES string of the molecule is c1cc(CN2CCC(CCN3CCOCC3)CC2)ccn1. The molecule has 2 aliphatic rings. The molecule has 3 heterocycles. The first-order valence-electron chi connectivity index (χ1n) is 8.31. The van der Waals surface area contributed by atoms with Crippen molar-refractivity contribution in [1.82, 2.24) is 14.8 Å². The molecule has 4 heteroatoms. The van der Waals surface area contributed by atoms with Crippen molar-refractivity contribution in [2.45, 2.75) is 25.8 Å². The molecule has 4 nitrogen and oxygen atoms in total. The van der Waals surface area contributed by atoms with E-state index in [1.165, 1.54) is 44.5 Å². The lowest BCUT2D eigenvalue weighted by atomic mass is 9.93. The fourth-order valence-electron chi connectivity index (χ4n) is 3.37. The Morgan fingerprint density at radius 3 is 2.43 bits per heavy atom. The highest BCUT2D eigenvalue weighted by Crippen LogP contribution is 2.22. The third-order valence-corrected chi connectivity index (χ3v) is 4.82. The van der Waals surface area contributed by atoms with Crippen molar-refractivity contribution >= 4 is 0 Å². The zero-order valence-corrected chi connectivity index (χ0v) is 12.9. The van der Waals surface area contributed by atoms with Crippen LogP contribution < -0.4 is 0 Å². The molecule has 21 heavy (non-hydrogen) atoms. The lowest BCUT2D eigenvalue weighted by Gasteiger charge is -2.34. The lowest BCUT2D eigenvalue weighted by molar-refractivity contribution is 0.0334.